The zero-order valence-electron chi connectivity index (χ0n) is 12.1. The van der Waals surface area contributed by atoms with Gasteiger partial charge in [0.15, 0.2) is 0 Å². The summed E-state index contributed by atoms with van der Waals surface area (Å²) in [5, 5.41) is 0. The number of rotatable bonds is 6. The van der Waals surface area contributed by atoms with Crippen molar-refractivity contribution >= 4 is 15.9 Å². The summed E-state index contributed by atoms with van der Waals surface area (Å²) in [5.74, 6) is -0.659. The molecule has 6 nitrogen and oxygen atoms in total. The van der Waals surface area contributed by atoms with E-state index in [0.29, 0.717) is 13.0 Å². The van der Waals surface area contributed by atoms with Gasteiger partial charge in [0.05, 0.1) is 4.90 Å². The summed E-state index contributed by atoms with van der Waals surface area (Å²) in [4.78, 5) is 15.4. The van der Waals surface area contributed by atoms with E-state index >= 15 is 0 Å². The van der Waals surface area contributed by atoms with Gasteiger partial charge in [-0.15, -0.1) is 0 Å². The van der Waals surface area contributed by atoms with Crippen LogP contribution in [-0.4, -0.2) is 37.2 Å². The van der Waals surface area contributed by atoms with Crippen LogP contribution in [0.25, 0.3) is 0 Å². The molecule has 1 heterocycles. The zero-order valence-corrected chi connectivity index (χ0v) is 13.0. The molecular weight excluding hydrogens is 302 g/mol. The minimum Gasteiger partial charge on any atom is -0.366 e. The summed E-state index contributed by atoms with van der Waals surface area (Å²) in [6.07, 6.45) is 2.17. The van der Waals surface area contributed by atoms with Crippen molar-refractivity contribution in [3.05, 3.63) is 59.9 Å². The van der Waals surface area contributed by atoms with Gasteiger partial charge < -0.3 is 5.73 Å². The maximum atomic E-state index is 12.5. The van der Waals surface area contributed by atoms with Gasteiger partial charge in [0.2, 0.25) is 15.9 Å². The van der Waals surface area contributed by atoms with Crippen molar-refractivity contribution in [2.24, 2.45) is 5.73 Å². The van der Waals surface area contributed by atoms with Crippen LogP contribution in [-0.2, 0) is 16.4 Å². The topological polar surface area (TPSA) is 93.4 Å². The van der Waals surface area contributed by atoms with Crippen molar-refractivity contribution in [2.75, 3.05) is 13.6 Å². The van der Waals surface area contributed by atoms with Crippen LogP contribution in [0.15, 0.2) is 53.6 Å². The number of sulfonamides is 1. The van der Waals surface area contributed by atoms with E-state index in [1.807, 2.05) is 12.1 Å². The standard InChI is InChI=1S/C15H17N3O3S/c1-18(10-8-13-6-2-3-9-17-13)22(20,21)14-7-4-5-12(11-14)15(16)19/h2-7,9,11H,8,10H2,1H3,(H2,16,19). The number of benzene rings is 1. The number of nitrogens with two attached hydrogens (primary N) is 1. The minimum absolute atomic E-state index is 0.0484. The number of aromatic nitrogens is 1. The zero-order chi connectivity index (χ0) is 16.2. The van der Waals surface area contributed by atoms with Crippen LogP contribution in [0, 0.1) is 0 Å². The first kappa shape index (κ1) is 16.1. The molecule has 1 amide bonds. The highest BCUT2D eigenvalue weighted by molar-refractivity contribution is 7.89. The molecule has 2 rings (SSSR count). The monoisotopic (exact) mass is 319 g/mol. The lowest BCUT2D eigenvalue weighted by Gasteiger charge is -2.17. The fraction of sp³-hybridized carbons (Fsp3) is 0.200. The number of nitrogens with zero attached hydrogens (tertiary/aromatic N) is 2. The second kappa shape index (κ2) is 6.67. The third kappa shape index (κ3) is 3.69. The van der Waals surface area contributed by atoms with Crippen LogP contribution in [0.1, 0.15) is 16.1 Å². The Morgan fingerprint density at radius 3 is 2.64 bits per heavy atom. The third-order valence-corrected chi connectivity index (χ3v) is 5.09. The summed E-state index contributed by atoms with van der Waals surface area (Å²) >= 11 is 0. The predicted molar refractivity (Wildman–Crippen MR) is 82.7 cm³/mol. The van der Waals surface area contributed by atoms with E-state index in [4.69, 9.17) is 5.73 Å². The Kier molecular flexibility index (Phi) is 4.89. The van der Waals surface area contributed by atoms with Crippen LogP contribution in [0.5, 0.6) is 0 Å². The second-order valence-electron chi connectivity index (χ2n) is 4.79. The van der Waals surface area contributed by atoms with Crippen LogP contribution < -0.4 is 5.73 Å². The number of hydrogen-bond donors (Lipinski definition) is 1. The Balaban J connectivity index is 2.15. The smallest absolute Gasteiger partial charge is 0.248 e. The van der Waals surface area contributed by atoms with Crippen molar-refractivity contribution in [1.29, 1.82) is 0 Å². The second-order valence-corrected chi connectivity index (χ2v) is 6.83. The van der Waals surface area contributed by atoms with Gasteiger partial charge in [0.25, 0.3) is 0 Å². The van der Waals surface area contributed by atoms with Crippen molar-refractivity contribution in [3.8, 4) is 0 Å². The van der Waals surface area contributed by atoms with Crippen molar-refractivity contribution in [1.82, 2.24) is 9.29 Å². The van der Waals surface area contributed by atoms with E-state index in [1.165, 1.54) is 35.6 Å². The highest BCUT2D eigenvalue weighted by atomic mass is 32.2. The van der Waals surface area contributed by atoms with Crippen LogP contribution >= 0.6 is 0 Å². The maximum Gasteiger partial charge on any atom is 0.248 e. The summed E-state index contributed by atoms with van der Waals surface area (Å²) in [6.45, 7) is 0.292. The molecule has 0 saturated heterocycles. The molecule has 0 saturated carbocycles. The Labute approximate surface area is 129 Å². The van der Waals surface area contributed by atoms with Gasteiger partial charge in [-0.2, -0.15) is 0 Å². The van der Waals surface area contributed by atoms with Gasteiger partial charge in [-0.1, -0.05) is 12.1 Å². The number of hydrogen-bond acceptors (Lipinski definition) is 4. The fourth-order valence-electron chi connectivity index (χ4n) is 1.93. The Hall–Kier alpha value is -2.25. The van der Waals surface area contributed by atoms with Gasteiger partial charge in [-0.05, 0) is 30.3 Å². The molecule has 0 aliphatic carbocycles. The first-order valence-electron chi connectivity index (χ1n) is 6.67. The van der Waals surface area contributed by atoms with Gasteiger partial charge in [0, 0.05) is 37.5 Å². The molecule has 0 aliphatic rings. The van der Waals surface area contributed by atoms with E-state index in [9.17, 15) is 13.2 Å². The van der Waals surface area contributed by atoms with Gasteiger partial charge in [0.1, 0.15) is 0 Å². The predicted octanol–water partition coefficient (Wildman–Crippen LogP) is 1.04. The molecule has 0 atom stereocenters. The molecule has 0 unspecified atom stereocenters. The quantitative estimate of drug-likeness (QED) is 0.861. The number of amides is 1. The molecule has 0 spiro atoms. The van der Waals surface area contributed by atoms with E-state index in [1.54, 1.807) is 12.3 Å². The van der Waals surface area contributed by atoms with Crippen molar-refractivity contribution in [2.45, 2.75) is 11.3 Å². The van der Waals surface area contributed by atoms with E-state index in [-0.39, 0.29) is 10.5 Å². The average Bonchev–Trinajstić information content (AvgIpc) is 2.53. The number of carbonyl (C=O) groups excluding carboxylic acids is 1. The molecule has 22 heavy (non-hydrogen) atoms. The highest BCUT2D eigenvalue weighted by Crippen LogP contribution is 2.16. The lowest BCUT2D eigenvalue weighted by atomic mass is 10.2. The Morgan fingerprint density at radius 2 is 2.00 bits per heavy atom. The Bertz CT molecular complexity index is 761. The minimum atomic E-state index is -3.67. The maximum absolute atomic E-state index is 12.5. The third-order valence-electron chi connectivity index (χ3n) is 3.24. The van der Waals surface area contributed by atoms with Crippen LogP contribution in [0.2, 0.25) is 0 Å². The summed E-state index contributed by atoms with van der Waals surface area (Å²) < 4.78 is 26.2. The van der Waals surface area contributed by atoms with Gasteiger partial charge in [-0.25, -0.2) is 12.7 Å². The molecule has 7 heteroatoms. The number of pyridine rings is 1. The normalized spacial score (nSPS) is 11.5. The van der Waals surface area contributed by atoms with Crippen LogP contribution in [0.3, 0.4) is 0 Å². The molecule has 0 bridgehead atoms. The van der Waals surface area contributed by atoms with Gasteiger partial charge >= 0.3 is 0 Å². The molecular formula is C15H17N3O3S. The van der Waals surface area contributed by atoms with E-state index in [2.05, 4.69) is 4.98 Å². The number of likely N-dealkylation sites (N-methyl/N-ethyl adjacent to an activating group) is 1. The number of primary amides is 1. The van der Waals surface area contributed by atoms with Crippen molar-refractivity contribution < 1.29 is 13.2 Å². The molecule has 2 N–H and O–H groups in total. The summed E-state index contributed by atoms with van der Waals surface area (Å²) in [7, 11) is -2.17. The van der Waals surface area contributed by atoms with Gasteiger partial charge in [-0.3, -0.25) is 9.78 Å². The molecule has 0 aliphatic heterocycles. The fourth-order valence-corrected chi connectivity index (χ4v) is 3.15. The van der Waals surface area contributed by atoms with Crippen molar-refractivity contribution in [3.63, 3.8) is 0 Å². The molecule has 2 aromatic rings. The average molecular weight is 319 g/mol. The Morgan fingerprint density at radius 1 is 1.23 bits per heavy atom. The molecule has 1 aromatic carbocycles. The molecule has 0 radical (unpaired) electrons. The molecule has 1 aromatic heterocycles. The summed E-state index contributed by atoms with van der Waals surface area (Å²) in [5.41, 5.74) is 6.16. The van der Waals surface area contributed by atoms with E-state index < -0.39 is 15.9 Å². The summed E-state index contributed by atoms with van der Waals surface area (Å²) in [6, 6.07) is 11.2. The van der Waals surface area contributed by atoms with Crippen LogP contribution in [0.4, 0.5) is 0 Å². The lowest BCUT2D eigenvalue weighted by Crippen LogP contribution is -2.29. The first-order chi connectivity index (χ1) is 10.4. The molecule has 116 valence electrons. The molecule has 0 fully saturated rings. The largest absolute Gasteiger partial charge is 0.366 e. The highest BCUT2D eigenvalue weighted by Gasteiger charge is 2.21. The van der Waals surface area contributed by atoms with E-state index in [0.717, 1.165) is 5.69 Å². The number of carbonyl (C=O) groups is 1. The lowest BCUT2D eigenvalue weighted by molar-refractivity contribution is 0.1000. The SMILES string of the molecule is CN(CCc1ccccn1)S(=O)(=O)c1cccc(C(N)=O)c1. The first-order valence-corrected chi connectivity index (χ1v) is 8.11.